The van der Waals surface area contributed by atoms with Crippen molar-refractivity contribution in [2.75, 3.05) is 39.8 Å². The van der Waals surface area contributed by atoms with E-state index >= 15 is 0 Å². The van der Waals surface area contributed by atoms with Crippen molar-refractivity contribution >= 4 is 17.3 Å². The van der Waals surface area contributed by atoms with E-state index in [1.165, 1.54) is 5.01 Å². The molecule has 7 nitrogen and oxygen atoms in total. The van der Waals surface area contributed by atoms with Crippen molar-refractivity contribution in [3.8, 4) is 0 Å². The van der Waals surface area contributed by atoms with Crippen LogP contribution in [-0.2, 0) is 13.0 Å². The van der Waals surface area contributed by atoms with E-state index in [9.17, 15) is 0 Å². The van der Waals surface area contributed by atoms with Crippen molar-refractivity contribution in [1.82, 2.24) is 25.3 Å². The van der Waals surface area contributed by atoms with Crippen molar-refractivity contribution < 1.29 is 4.52 Å². The lowest BCUT2D eigenvalue weighted by molar-refractivity contribution is 0.169. The van der Waals surface area contributed by atoms with Gasteiger partial charge in [-0.2, -0.15) is 0 Å². The van der Waals surface area contributed by atoms with Gasteiger partial charge in [0, 0.05) is 63.5 Å². The molecule has 1 saturated heterocycles. The van der Waals surface area contributed by atoms with E-state index in [0.717, 1.165) is 75.9 Å². The van der Waals surface area contributed by atoms with E-state index in [4.69, 9.17) is 4.52 Å². The summed E-state index contributed by atoms with van der Waals surface area (Å²) in [6.07, 6.45) is 4.98. The van der Waals surface area contributed by atoms with Crippen LogP contribution in [0.15, 0.2) is 27.2 Å². The zero-order valence-corrected chi connectivity index (χ0v) is 16.5. The standard InChI is InChI=1S/C18H28N6OS/c1-15-14-26-17(21-15)5-3-4-7-20-18(19-2)24-10-8-23(9-11-24)13-16-6-12-25-22-16/h6,12,14H,3-5,7-11,13H2,1-2H3,(H,19,20). The molecule has 2 aromatic rings. The molecule has 142 valence electrons. The minimum absolute atomic E-state index is 0.854. The molecule has 3 rings (SSSR count). The number of aryl methyl sites for hydroxylation is 2. The number of nitrogens with zero attached hydrogens (tertiary/aromatic N) is 5. The summed E-state index contributed by atoms with van der Waals surface area (Å²) < 4.78 is 4.91. The number of hydrogen-bond donors (Lipinski definition) is 1. The van der Waals surface area contributed by atoms with Crippen LogP contribution in [0.25, 0.3) is 0 Å². The van der Waals surface area contributed by atoms with Crippen LogP contribution in [-0.4, -0.2) is 65.7 Å². The van der Waals surface area contributed by atoms with Crippen LogP contribution in [0.4, 0.5) is 0 Å². The second-order valence-electron chi connectivity index (χ2n) is 6.57. The molecule has 8 heteroatoms. The summed E-state index contributed by atoms with van der Waals surface area (Å²) >= 11 is 1.76. The number of aromatic nitrogens is 2. The maximum Gasteiger partial charge on any atom is 0.193 e. The molecule has 1 fully saturated rings. The second kappa shape index (κ2) is 9.68. The molecular formula is C18H28N6OS. The van der Waals surface area contributed by atoms with E-state index in [1.54, 1.807) is 17.6 Å². The third-order valence-corrected chi connectivity index (χ3v) is 5.55. The number of nitrogens with one attached hydrogen (secondary N) is 1. The van der Waals surface area contributed by atoms with Crippen molar-refractivity contribution in [1.29, 1.82) is 0 Å². The lowest BCUT2D eigenvalue weighted by Gasteiger charge is -2.36. The molecule has 0 aromatic carbocycles. The predicted octanol–water partition coefficient (Wildman–Crippen LogP) is 2.16. The van der Waals surface area contributed by atoms with Crippen LogP contribution < -0.4 is 5.32 Å². The lowest BCUT2D eigenvalue weighted by Crippen LogP contribution is -2.52. The largest absolute Gasteiger partial charge is 0.364 e. The molecule has 0 bridgehead atoms. The average molecular weight is 377 g/mol. The van der Waals surface area contributed by atoms with Crippen LogP contribution in [0.3, 0.4) is 0 Å². The SMILES string of the molecule is CN=C(NCCCCc1nc(C)cs1)N1CCN(Cc2ccon2)CC1. The third kappa shape index (κ3) is 5.54. The minimum Gasteiger partial charge on any atom is -0.364 e. The molecule has 0 unspecified atom stereocenters. The summed E-state index contributed by atoms with van der Waals surface area (Å²) in [5.74, 6) is 1.01. The summed E-state index contributed by atoms with van der Waals surface area (Å²) in [7, 11) is 1.86. The van der Waals surface area contributed by atoms with Gasteiger partial charge in [-0.1, -0.05) is 5.16 Å². The van der Waals surface area contributed by atoms with Crippen LogP contribution >= 0.6 is 11.3 Å². The molecular weight excluding hydrogens is 348 g/mol. The fourth-order valence-electron chi connectivity index (χ4n) is 3.12. The van der Waals surface area contributed by atoms with Gasteiger partial charge in [0.15, 0.2) is 5.96 Å². The first-order valence-corrected chi connectivity index (χ1v) is 10.1. The monoisotopic (exact) mass is 376 g/mol. The van der Waals surface area contributed by atoms with Crippen molar-refractivity contribution in [3.63, 3.8) is 0 Å². The molecule has 1 aliphatic rings. The van der Waals surface area contributed by atoms with Crippen molar-refractivity contribution in [2.45, 2.75) is 32.7 Å². The van der Waals surface area contributed by atoms with Gasteiger partial charge in [-0.15, -0.1) is 11.3 Å². The molecule has 2 aromatic heterocycles. The summed E-state index contributed by atoms with van der Waals surface area (Å²) in [6, 6.07) is 1.93. The first-order chi connectivity index (χ1) is 12.7. The van der Waals surface area contributed by atoms with E-state index in [1.807, 2.05) is 13.1 Å². The maximum absolute atomic E-state index is 4.91. The van der Waals surface area contributed by atoms with Crippen molar-refractivity contribution in [2.24, 2.45) is 4.99 Å². The summed E-state index contributed by atoms with van der Waals surface area (Å²) in [4.78, 5) is 13.7. The maximum atomic E-state index is 4.91. The molecule has 3 heterocycles. The normalized spacial score (nSPS) is 16.2. The highest BCUT2D eigenvalue weighted by Crippen LogP contribution is 2.11. The Morgan fingerprint density at radius 2 is 2.15 bits per heavy atom. The molecule has 0 spiro atoms. The van der Waals surface area contributed by atoms with Crippen molar-refractivity contribution in [3.05, 3.63) is 34.1 Å². The average Bonchev–Trinajstić information content (AvgIpc) is 3.31. The number of hydrogen-bond acceptors (Lipinski definition) is 6. The predicted molar refractivity (Wildman–Crippen MR) is 105 cm³/mol. The molecule has 0 aliphatic carbocycles. The fourth-order valence-corrected chi connectivity index (χ4v) is 3.94. The lowest BCUT2D eigenvalue weighted by atomic mass is 10.2. The molecule has 1 N–H and O–H groups in total. The number of aliphatic imine (C=N–C) groups is 1. The molecule has 0 amide bonds. The van der Waals surface area contributed by atoms with Crippen LogP contribution in [0.5, 0.6) is 0 Å². The van der Waals surface area contributed by atoms with E-state index < -0.39 is 0 Å². The van der Waals surface area contributed by atoms with E-state index in [2.05, 4.69) is 42.6 Å². The molecule has 0 saturated carbocycles. The summed E-state index contributed by atoms with van der Waals surface area (Å²) in [5.41, 5.74) is 2.13. The van der Waals surface area contributed by atoms with Gasteiger partial charge in [0.05, 0.1) is 10.7 Å². The Morgan fingerprint density at radius 3 is 2.81 bits per heavy atom. The Bertz CT molecular complexity index is 676. The number of unbranched alkanes of at least 4 members (excludes halogenated alkanes) is 1. The van der Waals surface area contributed by atoms with Gasteiger partial charge in [-0.25, -0.2) is 4.98 Å². The van der Waals surface area contributed by atoms with Crippen LogP contribution in [0.2, 0.25) is 0 Å². The zero-order valence-electron chi connectivity index (χ0n) is 15.6. The zero-order chi connectivity index (χ0) is 18.2. The van der Waals surface area contributed by atoms with Gasteiger partial charge in [0.2, 0.25) is 0 Å². The Morgan fingerprint density at radius 1 is 1.31 bits per heavy atom. The number of thiazole rings is 1. The Balaban J connectivity index is 1.33. The highest BCUT2D eigenvalue weighted by molar-refractivity contribution is 7.09. The Kier molecular flexibility index (Phi) is 7.02. The number of rotatable bonds is 7. The summed E-state index contributed by atoms with van der Waals surface area (Å²) in [5, 5.41) is 10.9. The molecule has 0 radical (unpaired) electrons. The van der Waals surface area contributed by atoms with Gasteiger partial charge >= 0.3 is 0 Å². The van der Waals surface area contributed by atoms with Gasteiger partial charge in [-0.3, -0.25) is 9.89 Å². The van der Waals surface area contributed by atoms with Crippen LogP contribution in [0.1, 0.15) is 29.2 Å². The molecule has 26 heavy (non-hydrogen) atoms. The highest BCUT2D eigenvalue weighted by atomic mass is 32.1. The van der Waals surface area contributed by atoms with Crippen LogP contribution in [0, 0.1) is 6.92 Å². The molecule has 0 atom stereocenters. The second-order valence-corrected chi connectivity index (χ2v) is 7.51. The van der Waals surface area contributed by atoms with Gasteiger partial charge in [0.1, 0.15) is 6.26 Å². The first-order valence-electron chi connectivity index (χ1n) is 9.23. The Hall–Kier alpha value is -1.93. The fraction of sp³-hybridized carbons (Fsp3) is 0.611. The number of piperazine rings is 1. The quantitative estimate of drug-likeness (QED) is 0.454. The van der Waals surface area contributed by atoms with Gasteiger partial charge < -0.3 is 14.7 Å². The van der Waals surface area contributed by atoms with Gasteiger partial charge in [0.25, 0.3) is 0 Å². The van der Waals surface area contributed by atoms with E-state index in [-0.39, 0.29) is 0 Å². The third-order valence-electron chi connectivity index (χ3n) is 4.53. The first kappa shape index (κ1) is 18.8. The molecule has 1 aliphatic heterocycles. The van der Waals surface area contributed by atoms with Gasteiger partial charge in [-0.05, 0) is 26.2 Å². The minimum atomic E-state index is 0.854. The topological polar surface area (TPSA) is 69.8 Å². The highest BCUT2D eigenvalue weighted by Gasteiger charge is 2.20. The summed E-state index contributed by atoms with van der Waals surface area (Å²) in [6.45, 7) is 7.85. The number of guanidine groups is 1. The smallest absolute Gasteiger partial charge is 0.193 e. The van der Waals surface area contributed by atoms with E-state index in [0.29, 0.717) is 0 Å². The Labute approximate surface area is 159 Å².